The number of benzene rings is 1. The molecule has 0 saturated carbocycles. The summed E-state index contributed by atoms with van der Waals surface area (Å²) >= 11 is 0. The summed E-state index contributed by atoms with van der Waals surface area (Å²) in [4.78, 5) is 3.13. The number of aromatic nitrogens is 4. The summed E-state index contributed by atoms with van der Waals surface area (Å²) in [6.45, 7) is 2.41. The average Bonchev–Trinajstić information content (AvgIpc) is 3.47. The van der Waals surface area contributed by atoms with Gasteiger partial charge in [0, 0.05) is 37.4 Å². The van der Waals surface area contributed by atoms with Crippen LogP contribution in [0.2, 0.25) is 0 Å². The van der Waals surface area contributed by atoms with E-state index in [0.717, 1.165) is 6.42 Å². The highest BCUT2D eigenvalue weighted by Crippen LogP contribution is 2.39. The minimum atomic E-state index is -4.48. The van der Waals surface area contributed by atoms with Crippen molar-refractivity contribution in [1.82, 2.24) is 35.6 Å². The normalized spacial score (nSPS) is 22.2. The molecule has 15 heteroatoms. The number of hydrogen-bond donors (Lipinski definition) is 4. The van der Waals surface area contributed by atoms with Crippen LogP contribution in [-0.2, 0) is 20.0 Å². The lowest BCUT2D eigenvalue weighted by Crippen LogP contribution is -2.37. The van der Waals surface area contributed by atoms with E-state index in [0.29, 0.717) is 38.3 Å². The number of sulfonamides is 2. The number of rotatable bonds is 7. The molecule has 1 aromatic carbocycles. The highest BCUT2D eigenvalue weighted by molar-refractivity contribution is 7.92. The molecule has 2 atom stereocenters. The molecule has 4 rings (SSSR count). The fourth-order valence-corrected chi connectivity index (χ4v) is 7.10. The van der Waals surface area contributed by atoms with Crippen LogP contribution in [-0.4, -0.2) is 94.7 Å². The molecule has 176 valence electrons. The number of anilines is 1. The van der Waals surface area contributed by atoms with Gasteiger partial charge in [0.2, 0.25) is 20.0 Å². The van der Waals surface area contributed by atoms with E-state index in [1.165, 1.54) is 6.07 Å². The number of nitrogens with one attached hydrogen (secondary N) is 3. The van der Waals surface area contributed by atoms with Gasteiger partial charge in [-0.15, -0.1) is 5.10 Å². The van der Waals surface area contributed by atoms with Crippen LogP contribution in [0.15, 0.2) is 21.9 Å². The van der Waals surface area contributed by atoms with E-state index < -0.39 is 29.8 Å². The molecular weight excluding hydrogens is 458 g/mol. The van der Waals surface area contributed by atoms with Crippen molar-refractivity contribution in [3.05, 3.63) is 12.1 Å². The summed E-state index contributed by atoms with van der Waals surface area (Å²) in [5.41, 5.74) is 0.544. The summed E-state index contributed by atoms with van der Waals surface area (Å²) in [6, 6.07) is 2.79. The van der Waals surface area contributed by atoms with Gasteiger partial charge in [0.25, 0.3) is 0 Å². The third kappa shape index (κ3) is 4.49. The van der Waals surface area contributed by atoms with Crippen molar-refractivity contribution in [2.24, 2.45) is 5.14 Å². The zero-order valence-electron chi connectivity index (χ0n) is 17.8. The molecular formula is C17H27N9O4S2. The summed E-state index contributed by atoms with van der Waals surface area (Å²) < 4.78 is 54.5. The second-order valence-electron chi connectivity index (χ2n) is 8.24. The lowest BCUT2D eigenvalue weighted by Gasteiger charge is -2.25. The van der Waals surface area contributed by atoms with Gasteiger partial charge in [-0.2, -0.15) is 0 Å². The predicted octanol–water partition coefficient (Wildman–Crippen LogP) is -1.71. The molecule has 2 fully saturated rings. The third-order valence-electron chi connectivity index (χ3n) is 5.87. The van der Waals surface area contributed by atoms with Crippen LogP contribution in [0.3, 0.4) is 0 Å². The van der Waals surface area contributed by atoms with E-state index in [1.807, 2.05) is 19.0 Å². The predicted molar refractivity (Wildman–Crippen MR) is 117 cm³/mol. The van der Waals surface area contributed by atoms with Crippen LogP contribution >= 0.6 is 0 Å². The Morgan fingerprint density at radius 2 is 2.00 bits per heavy atom. The maximum absolute atomic E-state index is 13.2. The van der Waals surface area contributed by atoms with Gasteiger partial charge in [0.1, 0.15) is 9.79 Å². The molecule has 2 aliphatic rings. The van der Waals surface area contributed by atoms with Gasteiger partial charge in [0.15, 0.2) is 5.82 Å². The number of likely N-dealkylation sites (N-methyl/N-ethyl adjacent to an activating group) is 1. The molecule has 0 spiro atoms. The molecule has 1 aromatic heterocycles. The molecule has 3 heterocycles. The number of nitrogens with zero attached hydrogens (tertiary/aromatic N) is 5. The molecule has 2 aliphatic heterocycles. The van der Waals surface area contributed by atoms with E-state index in [4.69, 9.17) is 5.14 Å². The Bertz CT molecular complexity index is 1180. The standard InChI is InChI=1S/C17H27N9O4S2/c1-25(2)12-6-8-26(10-12)13-3-4-14(32(29,30)22-11-5-7-19-9-11)16(31(18,27)28)15(13)17-20-23-24-21-17/h3-4,11-12,19,22H,5-10H2,1-2H3,(H2,18,27,28)(H,20,21,23,24)/t11-,12-/m1/s1. The number of primary sulfonamides is 1. The van der Waals surface area contributed by atoms with Crippen LogP contribution in [0.1, 0.15) is 12.8 Å². The Hall–Kier alpha value is -2.17. The van der Waals surface area contributed by atoms with Crippen LogP contribution < -0.4 is 20.1 Å². The highest BCUT2D eigenvalue weighted by Gasteiger charge is 2.35. The number of H-pyrrole nitrogens is 1. The Morgan fingerprint density at radius 3 is 2.56 bits per heavy atom. The van der Waals surface area contributed by atoms with Crippen molar-refractivity contribution in [3.8, 4) is 11.4 Å². The number of aromatic amines is 1. The molecule has 0 bridgehead atoms. The average molecular weight is 486 g/mol. The monoisotopic (exact) mass is 485 g/mol. The Balaban J connectivity index is 1.89. The molecule has 5 N–H and O–H groups in total. The molecule has 2 saturated heterocycles. The first-order valence-electron chi connectivity index (χ1n) is 10.2. The third-order valence-corrected chi connectivity index (χ3v) is 8.56. The van der Waals surface area contributed by atoms with Gasteiger partial charge in [-0.3, -0.25) is 0 Å². The fourth-order valence-electron chi connectivity index (χ4n) is 4.22. The van der Waals surface area contributed by atoms with E-state index in [9.17, 15) is 16.8 Å². The molecule has 32 heavy (non-hydrogen) atoms. The van der Waals surface area contributed by atoms with Crippen molar-refractivity contribution in [2.75, 3.05) is 45.2 Å². The number of nitrogens with two attached hydrogens (primary N) is 1. The van der Waals surface area contributed by atoms with Crippen molar-refractivity contribution in [3.63, 3.8) is 0 Å². The molecule has 13 nitrogen and oxygen atoms in total. The van der Waals surface area contributed by atoms with E-state index in [1.54, 1.807) is 6.07 Å². The maximum atomic E-state index is 13.2. The largest absolute Gasteiger partial charge is 0.369 e. The first-order chi connectivity index (χ1) is 15.1. The van der Waals surface area contributed by atoms with Crippen LogP contribution in [0.4, 0.5) is 5.69 Å². The molecule has 0 amide bonds. The second kappa shape index (κ2) is 8.64. The minimum Gasteiger partial charge on any atom is -0.369 e. The van der Waals surface area contributed by atoms with Gasteiger partial charge in [-0.05, 0) is 56.0 Å². The topological polar surface area (TPSA) is 179 Å². The Labute approximate surface area is 186 Å². The maximum Gasteiger partial charge on any atom is 0.242 e. The van der Waals surface area contributed by atoms with Crippen molar-refractivity contribution >= 4 is 25.7 Å². The first kappa shape index (κ1) is 23.0. The van der Waals surface area contributed by atoms with E-state index in [2.05, 4.69) is 35.6 Å². The smallest absolute Gasteiger partial charge is 0.242 e. The zero-order chi connectivity index (χ0) is 23.1. The Morgan fingerprint density at radius 1 is 1.22 bits per heavy atom. The second-order valence-corrected chi connectivity index (χ2v) is 11.4. The van der Waals surface area contributed by atoms with Gasteiger partial charge in [-0.25, -0.2) is 31.8 Å². The lowest BCUT2D eigenvalue weighted by molar-refractivity contribution is 0.315. The number of hydrogen-bond acceptors (Lipinski definition) is 10. The summed E-state index contributed by atoms with van der Waals surface area (Å²) in [7, 11) is -4.72. The molecule has 0 unspecified atom stereocenters. The zero-order valence-corrected chi connectivity index (χ0v) is 19.4. The van der Waals surface area contributed by atoms with Gasteiger partial charge in [-0.1, -0.05) is 0 Å². The fraction of sp³-hybridized carbons (Fsp3) is 0.588. The van der Waals surface area contributed by atoms with Gasteiger partial charge < -0.3 is 15.1 Å². The molecule has 0 radical (unpaired) electrons. The van der Waals surface area contributed by atoms with Crippen molar-refractivity contribution < 1.29 is 16.8 Å². The van der Waals surface area contributed by atoms with Crippen molar-refractivity contribution in [1.29, 1.82) is 0 Å². The number of tetrazole rings is 1. The van der Waals surface area contributed by atoms with Crippen LogP contribution in [0, 0.1) is 0 Å². The SMILES string of the molecule is CN(C)[C@@H]1CCN(c2ccc(S(=O)(=O)N[C@@H]3CCNC3)c(S(N)(=O)=O)c2-c2nnn[nH]2)C1. The first-order valence-corrected chi connectivity index (χ1v) is 13.2. The Kier molecular flexibility index (Phi) is 6.21. The minimum absolute atomic E-state index is 0.0249. The van der Waals surface area contributed by atoms with E-state index in [-0.39, 0.29) is 23.5 Å². The quantitative estimate of drug-likeness (QED) is 0.353. The van der Waals surface area contributed by atoms with Crippen LogP contribution in [0.25, 0.3) is 11.4 Å². The molecule has 2 aromatic rings. The summed E-state index contributed by atoms with van der Waals surface area (Å²) in [5.74, 6) is 0.0249. The summed E-state index contributed by atoms with van der Waals surface area (Å²) in [5, 5.41) is 22.2. The van der Waals surface area contributed by atoms with Crippen LogP contribution in [0.5, 0.6) is 0 Å². The molecule has 0 aliphatic carbocycles. The van der Waals surface area contributed by atoms with Crippen molar-refractivity contribution in [2.45, 2.75) is 34.7 Å². The van der Waals surface area contributed by atoms with Gasteiger partial charge >= 0.3 is 0 Å². The lowest BCUT2D eigenvalue weighted by atomic mass is 10.1. The van der Waals surface area contributed by atoms with Gasteiger partial charge in [0.05, 0.1) is 5.56 Å². The van der Waals surface area contributed by atoms with E-state index >= 15 is 0 Å². The highest BCUT2D eigenvalue weighted by atomic mass is 32.2. The summed E-state index contributed by atoms with van der Waals surface area (Å²) in [6.07, 6.45) is 1.46.